The fourth-order valence-electron chi connectivity index (χ4n) is 3.11. The molecule has 2 aromatic rings. The minimum Gasteiger partial charge on any atom is -0.368 e. The summed E-state index contributed by atoms with van der Waals surface area (Å²) in [5.41, 5.74) is 1.88. The Hall–Kier alpha value is -1.91. The molecule has 1 saturated carbocycles. The van der Waals surface area contributed by atoms with Crippen LogP contribution < -0.4 is 5.32 Å². The molecule has 2 aliphatic carbocycles. The highest BCUT2D eigenvalue weighted by molar-refractivity contribution is 5.82. The van der Waals surface area contributed by atoms with Crippen LogP contribution in [0.5, 0.6) is 0 Å². The van der Waals surface area contributed by atoms with Gasteiger partial charge in [0.1, 0.15) is 11.8 Å². The van der Waals surface area contributed by atoms with Crippen molar-refractivity contribution in [1.82, 2.24) is 19.5 Å². The summed E-state index contributed by atoms with van der Waals surface area (Å²) in [7, 11) is 0. The lowest BCUT2D eigenvalue weighted by atomic mass is 9.91. The van der Waals surface area contributed by atoms with E-state index in [2.05, 4.69) is 37.0 Å². The normalized spacial score (nSPS) is 21.8. The number of nitrogens with zero attached hydrogens (tertiary/aromatic N) is 4. The number of allylic oxidation sites excluding steroid dienone is 2. The van der Waals surface area contributed by atoms with E-state index in [0.717, 1.165) is 29.4 Å². The molecule has 2 aliphatic rings. The first-order chi connectivity index (χ1) is 10.4. The van der Waals surface area contributed by atoms with E-state index in [1.165, 1.54) is 38.5 Å². The third-order valence-electron chi connectivity index (χ3n) is 4.52. The van der Waals surface area contributed by atoms with Gasteiger partial charge in [0.25, 0.3) is 0 Å². The fraction of sp³-hybridized carbons (Fsp3) is 0.562. The standard InChI is InChI=1S/C16H21N5/c1-2-4-12(5-3-1)8-9-17-15-14-16(19-10-18-15)21(11-20-14)13-6-7-13/h1-2,10-13H,3-9H2,(H,17,18,19). The third kappa shape index (κ3) is 2.64. The molecule has 0 aromatic carbocycles. The van der Waals surface area contributed by atoms with Gasteiger partial charge in [-0.3, -0.25) is 0 Å². The Labute approximate surface area is 124 Å². The van der Waals surface area contributed by atoms with E-state index in [4.69, 9.17) is 0 Å². The van der Waals surface area contributed by atoms with Gasteiger partial charge in [0, 0.05) is 12.6 Å². The van der Waals surface area contributed by atoms with Crippen LogP contribution in [0.3, 0.4) is 0 Å². The summed E-state index contributed by atoms with van der Waals surface area (Å²) in [6.45, 7) is 0.959. The van der Waals surface area contributed by atoms with Crippen molar-refractivity contribution in [3.05, 3.63) is 24.8 Å². The molecule has 0 radical (unpaired) electrons. The van der Waals surface area contributed by atoms with Gasteiger partial charge < -0.3 is 9.88 Å². The van der Waals surface area contributed by atoms with Gasteiger partial charge >= 0.3 is 0 Å². The first kappa shape index (κ1) is 12.8. The maximum Gasteiger partial charge on any atom is 0.165 e. The number of nitrogens with one attached hydrogen (secondary N) is 1. The largest absolute Gasteiger partial charge is 0.368 e. The quantitative estimate of drug-likeness (QED) is 0.855. The zero-order chi connectivity index (χ0) is 14.1. The molecule has 1 unspecified atom stereocenters. The first-order valence-corrected chi connectivity index (χ1v) is 7.98. The number of rotatable bonds is 5. The van der Waals surface area contributed by atoms with Crippen molar-refractivity contribution in [2.45, 2.75) is 44.6 Å². The third-order valence-corrected chi connectivity index (χ3v) is 4.52. The van der Waals surface area contributed by atoms with Gasteiger partial charge in [-0.25, -0.2) is 15.0 Å². The molecule has 4 rings (SSSR count). The second-order valence-corrected chi connectivity index (χ2v) is 6.14. The lowest BCUT2D eigenvalue weighted by molar-refractivity contribution is 0.457. The predicted octanol–water partition coefficient (Wildman–Crippen LogP) is 3.32. The van der Waals surface area contributed by atoms with E-state index >= 15 is 0 Å². The highest BCUT2D eigenvalue weighted by atomic mass is 15.2. The summed E-state index contributed by atoms with van der Waals surface area (Å²) in [5.74, 6) is 1.69. The number of hydrogen-bond acceptors (Lipinski definition) is 4. The zero-order valence-electron chi connectivity index (χ0n) is 12.2. The van der Waals surface area contributed by atoms with Crippen LogP contribution in [-0.2, 0) is 0 Å². The van der Waals surface area contributed by atoms with E-state index in [0.29, 0.717) is 6.04 Å². The van der Waals surface area contributed by atoms with E-state index in [9.17, 15) is 0 Å². The molecule has 110 valence electrons. The van der Waals surface area contributed by atoms with Crippen molar-refractivity contribution in [3.8, 4) is 0 Å². The summed E-state index contributed by atoms with van der Waals surface area (Å²) in [5, 5.41) is 3.46. The van der Waals surface area contributed by atoms with Crippen LogP contribution in [-0.4, -0.2) is 26.1 Å². The van der Waals surface area contributed by atoms with Gasteiger partial charge in [0.2, 0.25) is 0 Å². The van der Waals surface area contributed by atoms with Gasteiger partial charge in [0.15, 0.2) is 11.5 Å². The Morgan fingerprint density at radius 1 is 1.14 bits per heavy atom. The lowest BCUT2D eigenvalue weighted by Gasteiger charge is -2.17. The van der Waals surface area contributed by atoms with Crippen LogP contribution in [0.15, 0.2) is 24.8 Å². The van der Waals surface area contributed by atoms with E-state index in [-0.39, 0.29) is 0 Å². The summed E-state index contributed by atoms with van der Waals surface area (Å²) in [4.78, 5) is 13.3. The molecular formula is C16H21N5. The SMILES string of the molecule is C1=CCC(CCNc2ncnc3c2ncn3C2CC2)CC1. The Kier molecular flexibility index (Phi) is 3.33. The Morgan fingerprint density at radius 2 is 2.10 bits per heavy atom. The molecule has 5 nitrogen and oxygen atoms in total. The molecule has 0 amide bonds. The molecule has 1 atom stereocenters. The van der Waals surface area contributed by atoms with Gasteiger partial charge in [0.05, 0.1) is 6.33 Å². The van der Waals surface area contributed by atoms with E-state index in [1.807, 2.05) is 6.33 Å². The number of imidazole rings is 1. The molecule has 2 aromatic heterocycles. The topological polar surface area (TPSA) is 55.6 Å². The summed E-state index contributed by atoms with van der Waals surface area (Å²) in [6, 6.07) is 0.603. The minimum absolute atomic E-state index is 0.603. The number of hydrogen-bond donors (Lipinski definition) is 1. The van der Waals surface area contributed by atoms with Gasteiger partial charge in [-0.15, -0.1) is 0 Å². The van der Waals surface area contributed by atoms with Crippen molar-refractivity contribution in [2.24, 2.45) is 5.92 Å². The monoisotopic (exact) mass is 283 g/mol. The molecule has 0 spiro atoms. The highest BCUT2D eigenvalue weighted by Crippen LogP contribution is 2.37. The van der Waals surface area contributed by atoms with Crippen LogP contribution in [0.25, 0.3) is 11.2 Å². The molecular weight excluding hydrogens is 262 g/mol. The molecule has 1 N–H and O–H groups in total. The smallest absolute Gasteiger partial charge is 0.165 e. The highest BCUT2D eigenvalue weighted by Gasteiger charge is 2.26. The maximum absolute atomic E-state index is 4.51. The Morgan fingerprint density at radius 3 is 2.90 bits per heavy atom. The number of anilines is 1. The van der Waals surface area contributed by atoms with Crippen molar-refractivity contribution in [3.63, 3.8) is 0 Å². The zero-order valence-corrected chi connectivity index (χ0v) is 12.2. The Bertz CT molecular complexity index is 656. The van der Waals surface area contributed by atoms with E-state index < -0.39 is 0 Å². The summed E-state index contributed by atoms with van der Waals surface area (Å²) in [6.07, 6.45) is 15.6. The molecule has 2 heterocycles. The second kappa shape index (κ2) is 5.47. The molecule has 0 saturated heterocycles. The summed E-state index contributed by atoms with van der Waals surface area (Å²) < 4.78 is 2.19. The van der Waals surface area contributed by atoms with E-state index in [1.54, 1.807) is 6.33 Å². The molecule has 5 heteroatoms. The van der Waals surface area contributed by atoms with Gasteiger partial charge in [-0.05, 0) is 44.4 Å². The van der Waals surface area contributed by atoms with Crippen molar-refractivity contribution < 1.29 is 0 Å². The maximum atomic E-state index is 4.51. The first-order valence-electron chi connectivity index (χ1n) is 7.98. The average molecular weight is 283 g/mol. The molecule has 0 aliphatic heterocycles. The number of fused-ring (bicyclic) bond motifs is 1. The summed E-state index contributed by atoms with van der Waals surface area (Å²) >= 11 is 0. The molecule has 21 heavy (non-hydrogen) atoms. The van der Waals surface area contributed by atoms with Gasteiger partial charge in [-0.1, -0.05) is 12.2 Å². The van der Waals surface area contributed by atoms with Crippen LogP contribution in [0.4, 0.5) is 5.82 Å². The molecule has 0 bridgehead atoms. The van der Waals surface area contributed by atoms with Crippen LogP contribution >= 0.6 is 0 Å². The van der Waals surface area contributed by atoms with Gasteiger partial charge in [-0.2, -0.15) is 0 Å². The van der Waals surface area contributed by atoms with Crippen LogP contribution in [0.1, 0.15) is 44.6 Å². The average Bonchev–Trinajstić information content (AvgIpc) is 3.28. The van der Waals surface area contributed by atoms with Crippen molar-refractivity contribution >= 4 is 17.0 Å². The lowest BCUT2D eigenvalue weighted by Crippen LogP contribution is -2.11. The predicted molar refractivity (Wildman–Crippen MR) is 83.2 cm³/mol. The van der Waals surface area contributed by atoms with Crippen LogP contribution in [0.2, 0.25) is 0 Å². The van der Waals surface area contributed by atoms with Crippen LogP contribution in [0, 0.1) is 5.92 Å². The van der Waals surface area contributed by atoms with Crippen molar-refractivity contribution in [2.75, 3.05) is 11.9 Å². The minimum atomic E-state index is 0.603. The number of aromatic nitrogens is 4. The molecule has 1 fully saturated rings. The Balaban J connectivity index is 1.45. The fourth-order valence-corrected chi connectivity index (χ4v) is 3.11. The second-order valence-electron chi connectivity index (χ2n) is 6.14. The van der Waals surface area contributed by atoms with Crippen molar-refractivity contribution in [1.29, 1.82) is 0 Å².